The molecule has 5 aromatic heterocycles. The van der Waals surface area contributed by atoms with Gasteiger partial charge in [0.25, 0.3) is 0 Å². The van der Waals surface area contributed by atoms with Crippen molar-refractivity contribution in [3.8, 4) is 23.2 Å². The Balaban J connectivity index is 0.00000158. The summed E-state index contributed by atoms with van der Waals surface area (Å²) in [5.41, 5.74) is 6.16. The van der Waals surface area contributed by atoms with Gasteiger partial charge in [0.1, 0.15) is 17.4 Å². The fourth-order valence-corrected chi connectivity index (χ4v) is 5.21. The minimum atomic E-state index is -0.297. The molecule has 6 heterocycles. The van der Waals surface area contributed by atoms with Crippen LogP contribution in [0.4, 0.5) is 0 Å². The highest BCUT2D eigenvalue weighted by atomic mass is 35.5. The first-order valence-electron chi connectivity index (χ1n) is 13.4. The molecule has 0 N–H and O–H groups in total. The highest BCUT2D eigenvalue weighted by Crippen LogP contribution is 2.36. The molecule has 0 amide bonds. The van der Waals surface area contributed by atoms with Crippen LogP contribution in [0.1, 0.15) is 49.5 Å². The minimum absolute atomic E-state index is 0.0277. The second-order valence-electron chi connectivity index (χ2n) is 9.40. The normalized spacial score (nSPS) is 15.1. The van der Waals surface area contributed by atoms with E-state index < -0.39 is 0 Å². The third kappa shape index (κ3) is 5.23. The number of halogens is 1. The number of nitrogens with zero attached hydrogens (tertiary/aromatic N) is 8. The summed E-state index contributed by atoms with van der Waals surface area (Å²) < 4.78 is 10.1. The van der Waals surface area contributed by atoms with E-state index in [2.05, 4.69) is 21.3 Å². The Labute approximate surface area is 238 Å². The highest BCUT2D eigenvalue weighted by molar-refractivity contribution is 6.34. The summed E-state index contributed by atoms with van der Waals surface area (Å²) in [5, 5.41) is 19.8. The zero-order valence-corrected chi connectivity index (χ0v) is 23.7. The first-order valence-corrected chi connectivity index (χ1v) is 13.8. The van der Waals surface area contributed by atoms with Crippen molar-refractivity contribution in [2.75, 3.05) is 0 Å². The fraction of sp³-hybridized carbons (Fsp3) is 0.300. The molecule has 9 nitrogen and oxygen atoms in total. The maximum atomic E-state index is 9.89. The van der Waals surface area contributed by atoms with Crippen LogP contribution in [0.2, 0.25) is 5.02 Å². The van der Waals surface area contributed by atoms with E-state index in [1.807, 2.05) is 85.9 Å². The van der Waals surface area contributed by atoms with Crippen LogP contribution in [-0.2, 0) is 19.5 Å². The molecule has 204 valence electrons. The lowest BCUT2D eigenvalue weighted by atomic mass is 10.0. The SMILES string of the molecule is CC.Cc1c(-c2cc(OC(C)c3ccccn3)c3c(Cl)cnn3c2)nn2c1CN(C#N)C(Cc1ccccn1)C2. The maximum Gasteiger partial charge on any atom is 0.180 e. The molecule has 0 radical (unpaired) electrons. The van der Waals surface area contributed by atoms with E-state index in [-0.39, 0.29) is 12.1 Å². The third-order valence-corrected chi connectivity index (χ3v) is 7.25. The Morgan fingerprint density at radius 1 is 1.15 bits per heavy atom. The molecule has 10 heteroatoms. The van der Waals surface area contributed by atoms with E-state index in [4.69, 9.17) is 21.4 Å². The molecule has 0 saturated heterocycles. The number of hydrogen-bond donors (Lipinski definition) is 0. The Hall–Kier alpha value is -4.42. The molecule has 0 saturated carbocycles. The van der Waals surface area contributed by atoms with Crippen LogP contribution in [0.15, 0.2) is 67.3 Å². The second-order valence-corrected chi connectivity index (χ2v) is 9.81. The van der Waals surface area contributed by atoms with E-state index >= 15 is 0 Å². The van der Waals surface area contributed by atoms with Gasteiger partial charge in [0, 0.05) is 41.8 Å². The summed E-state index contributed by atoms with van der Waals surface area (Å²) in [5.74, 6) is 0.597. The molecule has 6 rings (SSSR count). The Morgan fingerprint density at radius 2 is 1.93 bits per heavy atom. The number of hydrogen-bond acceptors (Lipinski definition) is 7. The predicted octanol–water partition coefficient (Wildman–Crippen LogP) is 6.02. The van der Waals surface area contributed by atoms with E-state index in [1.54, 1.807) is 23.1 Å². The van der Waals surface area contributed by atoms with E-state index in [0.29, 0.717) is 35.8 Å². The van der Waals surface area contributed by atoms with E-state index in [9.17, 15) is 5.26 Å². The van der Waals surface area contributed by atoms with Gasteiger partial charge < -0.3 is 4.74 Å². The molecule has 1 aliphatic heterocycles. The van der Waals surface area contributed by atoms with Gasteiger partial charge in [-0.05, 0) is 44.2 Å². The van der Waals surface area contributed by atoms with Crippen LogP contribution in [0.25, 0.3) is 16.8 Å². The van der Waals surface area contributed by atoms with Gasteiger partial charge >= 0.3 is 0 Å². The van der Waals surface area contributed by atoms with Crippen LogP contribution in [0.3, 0.4) is 0 Å². The summed E-state index contributed by atoms with van der Waals surface area (Å²) in [7, 11) is 0. The smallest absolute Gasteiger partial charge is 0.180 e. The van der Waals surface area contributed by atoms with Gasteiger partial charge in [-0.1, -0.05) is 37.6 Å². The Kier molecular flexibility index (Phi) is 7.99. The standard InChI is InChI=1S/C28H25ClN8O.C2H6/c1-18-25-16-35(17-30)22(12-21-7-3-5-9-31-21)15-36(25)34-27(18)20-11-26(28-23(29)13-33-37(28)14-20)38-19(2)24-8-4-6-10-32-24;1-2/h3-11,13-14,19,22H,12,15-16H2,1-2H3;1-2H3. The molecule has 40 heavy (non-hydrogen) atoms. The van der Waals surface area contributed by atoms with Gasteiger partial charge in [0.05, 0.1) is 47.4 Å². The first-order chi connectivity index (χ1) is 19.5. The van der Waals surface area contributed by atoms with Crippen molar-refractivity contribution in [1.29, 1.82) is 5.26 Å². The summed E-state index contributed by atoms with van der Waals surface area (Å²) in [6, 6.07) is 13.5. The lowest BCUT2D eigenvalue weighted by molar-refractivity contribution is 0.202. The zero-order valence-electron chi connectivity index (χ0n) is 23.0. The lowest BCUT2D eigenvalue weighted by Crippen LogP contribution is -2.42. The van der Waals surface area contributed by atoms with Crippen molar-refractivity contribution < 1.29 is 4.74 Å². The number of nitriles is 1. The first kappa shape index (κ1) is 27.2. The average Bonchev–Trinajstić information content (AvgIpc) is 3.53. The van der Waals surface area contributed by atoms with Crippen molar-refractivity contribution >= 4 is 17.1 Å². The monoisotopic (exact) mass is 554 g/mol. The highest BCUT2D eigenvalue weighted by Gasteiger charge is 2.30. The number of rotatable bonds is 6. The molecule has 0 spiro atoms. The van der Waals surface area contributed by atoms with Crippen molar-refractivity contribution in [3.05, 3.63) is 94.9 Å². The van der Waals surface area contributed by atoms with Crippen LogP contribution in [0.5, 0.6) is 5.75 Å². The van der Waals surface area contributed by atoms with Crippen molar-refractivity contribution in [3.63, 3.8) is 0 Å². The topological polar surface area (TPSA) is 97.2 Å². The van der Waals surface area contributed by atoms with Crippen LogP contribution >= 0.6 is 11.6 Å². The quantitative estimate of drug-likeness (QED) is 0.237. The molecular weight excluding hydrogens is 524 g/mol. The van der Waals surface area contributed by atoms with Gasteiger partial charge in [0.15, 0.2) is 6.19 Å². The third-order valence-electron chi connectivity index (χ3n) is 6.98. The number of aromatic nitrogens is 6. The average molecular weight is 555 g/mol. The van der Waals surface area contributed by atoms with E-state index in [0.717, 1.165) is 33.9 Å². The van der Waals surface area contributed by atoms with Gasteiger partial charge in [-0.2, -0.15) is 15.5 Å². The summed E-state index contributed by atoms with van der Waals surface area (Å²) in [6.45, 7) is 9.08. The predicted molar refractivity (Wildman–Crippen MR) is 154 cm³/mol. The van der Waals surface area contributed by atoms with Gasteiger partial charge in [0.2, 0.25) is 0 Å². The maximum absolute atomic E-state index is 9.89. The van der Waals surface area contributed by atoms with E-state index in [1.165, 1.54) is 0 Å². The largest absolute Gasteiger partial charge is 0.482 e. The molecule has 0 aliphatic carbocycles. The number of ether oxygens (including phenoxy) is 1. The van der Waals surface area contributed by atoms with Gasteiger partial charge in [-0.15, -0.1) is 0 Å². The number of fused-ring (bicyclic) bond motifs is 2. The molecule has 0 bridgehead atoms. The molecular formula is C30H31ClN8O. The van der Waals surface area contributed by atoms with Gasteiger partial charge in [-0.25, -0.2) is 4.52 Å². The van der Waals surface area contributed by atoms with Crippen molar-refractivity contribution in [2.24, 2.45) is 0 Å². The molecule has 5 aromatic rings. The number of pyridine rings is 3. The second kappa shape index (κ2) is 11.8. The Morgan fingerprint density at radius 3 is 2.62 bits per heavy atom. The van der Waals surface area contributed by atoms with Crippen molar-refractivity contribution in [2.45, 2.75) is 59.4 Å². The summed E-state index contributed by atoms with van der Waals surface area (Å²) in [4.78, 5) is 10.7. The lowest BCUT2D eigenvalue weighted by Gasteiger charge is -2.32. The Bertz CT molecular complexity index is 1640. The molecule has 2 atom stereocenters. The molecule has 1 aliphatic rings. The van der Waals surface area contributed by atoms with Crippen LogP contribution < -0.4 is 4.74 Å². The summed E-state index contributed by atoms with van der Waals surface area (Å²) in [6.07, 6.45) is 9.79. The van der Waals surface area contributed by atoms with Crippen LogP contribution in [0, 0.1) is 18.4 Å². The molecule has 0 aromatic carbocycles. The minimum Gasteiger partial charge on any atom is -0.482 e. The summed E-state index contributed by atoms with van der Waals surface area (Å²) >= 11 is 6.49. The molecule has 0 fully saturated rings. The van der Waals surface area contributed by atoms with Gasteiger partial charge in [-0.3, -0.25) is 19.5 Å². The zero-order chi connectivity index (χ0) is 28.2. The van der Waals surface area contributed by atoms with Crippen LogP contribution in [-0.4, -0.2) is 40.3 Å². The fourth-order valence-electron chi connectivity index (χ4n) is 4.99. The molecule has 2 unspecified atom stereocenters. The van der Waals surface area contributed by atoms with Crippen molar-refractivity contribution in [1.82, 2.24) is 34.3 Å².